The van der Waals surface area contributed by atoms with Crippen molar-refractivity contribution in [2.24, 2.45) is 0 Å². The van der Waals surface area contributed by atoms with E-state index in [1.54, 1.807) is 24.3 Å². The van der Waals surface area contributed by atoms with Gasteiger partial charge in [-0.1, -0.05) is 75.7 Å². The zero-order valence-electron chi connectivity index (χ0n) is 19.8. The molecular weight excluding hydrogens is 446 g/mol. The number of anilines is 1. The van der Waals surface area contributed by atoms with Crippen LogP contribution in [0.1, 0.15) is 56.0 Å². The van der Waals surface area contributed by atoms with Gasteiger partial charge in [0.1, 0.15) is 5.76 Å². The smallest absolute Gasteiger partial charge is 0.300 e. The quantitative estimate of drug-likeness (QED) is 0.257. The van der Waals surface area contributed by atoms with E-state index in [0.29, 0.717) is 16.3 Å². The first-order chi connectivity index (χ1) is 16.1. The Morgan fingerprint density at radius 2 is 1.50 bits per heavy atom. The van der Waals surface area contributed by atoms with Crippen LogP contribution >= 0.6 is 11.6 Å². The van der Waals surface area contributed by atoms with Gasteiger partial charge < -0.3 is 5.11 Å². The summed E-state index contributed by atoms with van der Waals surface area (Å²) in [4.78, 5) is 28.1. The van der Waals surface area contributed by atoms with Crippen molar-refractivity contribution >= 4 is 34.7 Å². The number of halogens is 1. The molecule has 3 aromatic carbocycles. The van der Waals surface area contributed by atoms with Gasteiger partial charge in [-0.15, -0.1) is 0 Å². The lowest BCUT2D eigenvalue weighted by atomic mass is 9.87. The van der Waals surface area contributed by atoms with E-state index in [2.05, 4.69) is 27.7 Å². The number of carbonyl (C=O) groups is 2. The fraction of sp³-hybridized carbons (Fsp3) is 0.241. The van der Waals surface area contributed by atoms with E-state index in [-0.39, 0.29) is 16.7 Å². The Labute approximate surface area is 205 Å². The Hall–Kier alpha value is -3.37. The minimum absolute atomic E-state index is 0.0450. The van der Waals surface area contributed by atoms with Crippen LogP contribution in [0.3, 0.4) is 0 Å². The molecule has 0 spiro atoms. The van der Waals surface area contributed by atoms with Gasteiger partial charge in [-0.05, 0) is 64.9 Å². The molecule has 4 nitrogen and oxygen atoms in total. The highest BCUT2D eigenvalue weighted by molar-refractivity contribution is 6.51. The van der Waals surface area contributed by atoms with Gasteiger partial charge in [-0.3, -0.25) is 14.5 Å². The molecule has 1 fully saturated rings. The Bertz CT molecular complexity index is 1250. The molecule has 1 heterocycles. The van der Waals surface area contributed by atoms with Crippen LogP contribution in [-0.4, -0.2) is 16.8 Å². The number of Topliss-reactive ketones (excluding diaryl/α,β-unsaturated/α-hetero) is 1. The number of amides is 1. The highest BCUT2D eigenvalue weighted by atomic mass is 35.5. The standard InChI is InChI=1S/C29H28ClNO3/c1-5-18-6-8-19(9-7-18)25-24(26(32)20-10-14-22(30)15-11-20)27(33)28(34)31(25)23-16-12-21(13-17-23)29(2,3)4/h6-17,25,32H,5H2,1-4H3/b26-24+. The van der Waals surface area contributed by atoms with Gasteiger partial charge in [-0.25, -0.2) is 0 Å². The van der Waals surface area contributed by atoms with Gasteiger partial charge >= 0.3 is 0 Å². The Balaban J connectivity index is 1.89. The summed E-state index contributed by atoms with van der Waals surface area (Å²) in [6.07, 6.45) is 0.875. The molecule has 34 heavy (non-hydrogen) atoms. The Morgan fingerprint density at radius 1 is 0.912 bits per heavy atom. The number of nitrogens with zero attached hydrogens (tertiary/aromatic N) is 1. The highest BCUT2D eigenvalue weighted by Crippen LogP contribution is 2.42. The van der Waals surface area contributed by atoms with Crippen LogP contribution in [0.5, 0.6) is 0 Å². The molecule has 0 bridgehead atoms. The number of aliphatic hydroxyl groups is 1. The number of aliphatic hydroxyl groups excluding tert-OH is 1. The maximum Gasteiger partial charge on any atom is 0.300 e. The molecule has 1 aliphatic rings. The molecule has 1 atom stereocenters. The van der Waals surface area contributed by atoms with E-state index in [4.69, 9.17) is 11.6 Å². The van der Waals surface area contributed by atoms with Gasteiger partial charge in [0.15, 0.2) is 0 Å². The maximum atomic E-state index is 13.3. The Kier molecular flexibility index (Phi) is 6.37. The summed E-state index contributed by atoms with van der Waals surface area (Å²) in [5.74, 6) is -1.59. The molecule has 0 saturated carbocycles. The fourth-order valence-corrected chi connectivity index (χ4v) is 4.36. The number of carbonyl (C=O) groups excluding carboxylic acids is 2. The predicted octanol–water partition coefficient (Wildman–Crippen LogP) is 6.83. The fourth-order valence-electron chi connectivity index (χ4n) is 4.24. The molecular formula is C29H28ClNO3. The minimum Gasteiger partial charge on any atom is -0.507 e. The molecule has 0 radical (unpaired) electrons. The molecule has 1 unspecified atom stereocenters. The van der Waals surface area contributed by atoms with E-state index in [1.165, 1.54) is 4.90 Å². The van der Waals surface area contributed by atoms with Crippen molar-refractivity contribution in [3.63, 3.8) is 0 Å². The van der Waals surface area contributed by atoms with E-state index in [1.807, 2.05) is 48.5 Å². The molecule has 3 aromatic rings. The summed E-state index contributed by atoms with van der Waals surface area (Å²) >= 11 is 6.00. The first-order valence-corrected chi connectivity index (χ1v) is 11.8. The van der Waals surface area contributed by atoms with Crippen molar-refractivity contribution in [1.29, 1.82) is 0 Å². The minimum atomic E-state index is -0.748. The van der Waals surface area contributed by atoms with Crippen LogP contribution in [0.4, 0.5) is 5.69 Å². The lowest BCUT2D eigenvalue weighted by Gasteiger charge is -2.27. The monoisotopic (exact) mass is 473 g/mol. The summed E-state index contributed by atoms with van der Waals surface area (Å²) in [6, 6.07) is 21.3. The van der Waals surface area contributed by atoms with E-state index >= 15 is 0 Å². The average Bonchev–Trinajstić information content (AvgIpc) is 3.09. The SMILES string of the molecule is CCc1ccc(C2/C(=C(\O)c3ccc(Cl)cc3)C(=O)C(=O)N2c2ccc(C(C)(C)C)cc2)cc1. The van der Waals surface area contributed by atoms with Crippen molar-refractivity contribution in [2.75, 3.05) is 4.90 Å². The largest absolute Gasteiger partial charge is 0.507 e. The number of hydrogen-bond acceptors (Lipinski definition) is 3. The van der Waals surface area contributed by atoms with E-state index in [9.17, 15) is 14.7 Å². The van der Waals surface area contributed by atoms with Crippen molar-refractivity contribution < 1.29 is 14.7 Å². The second kappa shape index (κ2) is 9.11. The Morgan fingerprint density at radius 3 is 2.03 bits per heavy atom. The number of aryl methyl sites for hydroxylation is 1. The molecule has 1 N–H and O–H groups in total. The molecule has 1 amide bonds. The van der Waals surface area contributed by atoms with Gasteiger partial charge in [0, 0.05) is 16.3 Å². The van der Waals surface area contributed by atoms with Crippen LogP contribution in [0.25, 0.3) is 5.76 Å². The summed E-state index contributed by atoms with van der Waals surface area (Å²) in [5, 5.41) is 11.7. The van der Waals surface area contributed by atoms with Crippen molar-refractivity contribution in [3.8, 4) is 0 Å². The lowest BCUT2D eigenvalue weighted by Crippen LogP contribution is -2.29. The average molecular weight is 474 g/mol. The third-order valence-electron chi connectivity index (χ3n) is 6.28. The second-order valence-corrected chi connectivity index (χ2v) is 10.0. The van der Waals surface area contributed by atoms with E-state index in [0.717, 1.165) is 23.1 Å². The normalized spacial score (nSPS) is 17.9. The van der Waals surface area contributed by atoms with Crippen LogP contribution in [0.15, 0.2) is 78.4 Å². The highest BCUT2D eigenvalue weighted by Gasteiger charge is 2.47. The number of rotatable bonds is 4. The first-order valence-electron chi connectivity index (χ1n) is 11.4. The predicted molar refractivity (Wildman–Crippen MR) is 137 cm³/mol. The number of benzene rings is 3. The molecule has 0 aromatic heterocycles. The van der Waals surface area contributed by atoms with Crippen LogP contribution in [0.2, 0.25) is 5.02 Å². The molecule has 1 saturated heterocycles. The van der Waals surface area contributed by atoms with Crippen molar-refractivity contribution in [1.82, 2.24) is 0 Å². The summed E-state index contributed by atoms with van der Waals surface area (Å²) in [5.41, 5.74) is 4.08. The van der Waals surface area contributed by atoms with E-state index < -0.39 is 17.7 Å². The summed E-state index contributed by atoms with van der Waals surface area (Å²) in [7, 11) is 0. The third-order valence-corrected chi connectivity index (χ3v) is 6.53. The van der Waals surface area contributed by atoms with Gasteiger partial charge in [-0.2, -0.15) is 0 Å². The topological polar surface area (TPSA) is 57.6 Å². The van der Waals surface area contributed by atoms with Crippen LogP contribution in [0, 0.1) is 0 Å². The van der Waals surface area contributed by atoms with Crippen molar-refractivity contribution in [3.05, 3.63) is 106 Å². The van der Waals surface area contributed by atoms with Crippen molar-refractivity contribution in [2.45, 2.75) is 45.6 Å². The second-order valence-electron chi connectivity index (χ2n) is 9.57. The maximum absolute atomic E-state index is 13.3. The summed E-state index contributed by atoms with van der Waals surface area (Å²) < 4.78 is 0. The lowest BCUT2D eigenvalue weighted by molar-refractivity contribution is -0.132. The summed E-state index contributed by atoms with van der Waals surface area (Å²) in [6.45, 7) is 8.43. The van der Waals surface area contributed by atoms with Gasteiger partial charge in [0.05, 0.1) is 11.6 Å². The molecule has 174 valence electrons. The van der Waals surface area contributed by atoms with Gasteiger partial charge in [0.2, 0.25) is 0 Å². The number of hydrogen-bond donors (Lipinski definition) is 1. The molecule has 0 aliphatic carbocycles. The first kappa shape index (κ1) is 23.8. The zero-order valence-corrected chi connectivity index (χ0v) is 20.6. The zero-order chi connectivity index (χ0) is 24.6. The molecule has 1 aliphatic heterocycles. The molecule has 4 rings (SSSR count). The van der Waals surface area contributed by atoms with Crippen LogP contribution < -0.4 is 4.90 Å². The van der Waals surface area contributed by atoms with Gasteiger partial charge in [0.25, 0.3) is 11.7 Å². The number of ketones is 1. The third kappa shape index (κ3) is 4.38. The molecule has 5 heteroatoms. The van der Waals surface area contributed by atoms with Crippen LogP contribution in [-0.2, 0) is 21.4 Å².